The first-order chi connectivity index (χ1) is 8.08. The van der Waals surface area contributed by atoms with Gasteiger partial charge in [-0.3, -0.25) is 4.79 Å². The number of furan rings is 1. The van der Waals surface area contributed by atoms with E-state index in [1.807, 2.05) is 13.8 Å². The van der Waals surface area contributed by atoms with E-state index in [0.717, 1.165) is 11.3 Å². The molecule has 0 aliphatic rings. The van der Waals surface area contributed by atoms with E-state index in [9.17, 15) is 4.79 Å². The number of halogens is 1. The summed E-state index contributed by atoms with van der Waals surface area (Å²) >= 11 is 3.14. The number of hydrogen-bond acceptors (Lipinski definition) is 4. The van der Waals surface area contributed by atoms with Crippen LogP contribution >= 0.6 is 15.9 Å². The van der Waals surface area contributed by atoms with Crippen molar-refractivity contribution >= 4 is 21.8 Å². The second-order valence-corrected chi connectivity index (χ2v) is 4.37. The zero-order valence-electron chi connectivity index (χ0n) is 9.41. The lowest BCUT2D eigenvalue weighted by atomic mass is 10.2. The SMILES string of the molecule is Cc1noc(C)c1CNC(=O)c1ccc(Br)o1. The van der Waals surface area contributed by atoms with Gasteiger partial charge in [0.15, 0.2) is 10.4 Å². The van der Waals surface area contributed by atoms with Crippen LogP contribution in [0.3, 0.4) is 0 Å². The van der Waals surface area contributed by atoms with E-state index in [1.165, 1.54) is 0 Å². The van der Waals surface area contributed by atoms with Crippen molar-refractivity contribution < 1.29 is 13.7 Å². The first-order valence-corrected chi connectivity index (χ1v) is 5.82. The zero-order valence-corrected chi connectivity index (χ0v) is 11.0. The largest absolute Gasteiger partial charge is 0.444 e. The lowest BCUT2D eigenvalue weighted by molar-refractivity contribution is 0.0922. The Hall–Kier alpha value is -1.56. The molecule has 0 spiro atoms. The molecular formula is C11H11BrN2O3. The molecule has 2 aromatic rings. The van der Waals surface area contributed by atoms with Gasteiger partial charge in [-0.25, -0.2) is 0 Å². The highest BCUT2D eigenvalue weighted by Crippen LogP contribution is 2.15. The van der Waals surface area contributed by atoms with Crippen LogP contribution < -0.4 is 5.32 Å². The Morgan fingerprint density at radius 3 is 2.76 bits per heavy atom. The average molecular weight is 299 g/mol. The van der Waals surface area contributed by atoms with Gasteiger partial charge < -0.3 is 14.3 Å². The maximum absolute atomic E-state index is 11.7. The lowest BCUT2D eigenvalue weighted by Crippen LogP contribution is -2.22. The monoisotopic (exact) mass is 298 g/mol. The second-order valence-electron chi connectivity index (χ2n) is 3.59. The molecule has 0 atom stereocenters. The molecule has 0 unspecified atom stereocenters. The molecule has 0 aliphatic heterocycles. The van der Waals surface area contributed by atoms with E-state index in [-0.39, 0.29) is 11.7 Å². The Morgan fingerprint density at radius 2 is 2.24 bits per heavy atom. The van der Waals surface area contributed by atoms with Crippen molar-refractivity contribution in [3.8, 4) is 0 Å². The van der Waals surface area contributed by atoms with Gasteiger partial charge in [0.05, 0.1) is 5.69 Å². The molecule has 0 radical (unpaired) electrons. The van der Waals surface area contributed by atoms with E-state index in [2.05, 4.69) is 26.4 Å². The number of carbonyl (C=O) groups is 1. The second kappa shape index (κ2) is 4.75. The van der Waals surface area contributed by atoms with Crippen molar-refractivity contribution in [3.63, 3.8) is 0 Å². The summed E-state index contributed by atoms with van der Waals surface area (Å²) < 4.78 is 10.7. The fourth-order valence-electron chi connectivity index (χ4n) is 1.45. The average Bonchev–Trinajstić information content (AvgIpc) is 2.84. The van der Waals surface area contributed by atoms with Gasteiger partial charge >= 0.3 is 0 Å². The van der Waals surface area contributed by atoms with Gasteiger partial charge in [0.1, 0.15) is 5.76 Å². The van der Waals surface area contributed by atoms with E-state index in [1.54, 1.807) is 12.1 Å². The maximum atomic E-state index is 11.7. The van der Waals surface area contributed by atoms with Gasteiger partial charge in [0.2, 0.25) is 0 Å². The van der Waals surface area contributed by atoms with E-state index in [4.69, 9.17) is 8.94 Å². The van der Waals surface area contributed by atoms with Gasteiger partial charge in [-0.2, -0.15) is 0 Å². The highest BCUT2D eigenvalue weighted by atomic mass is 79.9. The predicted octanol–water partition coefficient (Wildman–Crippen LogP) is 2.58. The van der Waals surface area contributed by atoms with Crippen LogP contribution in [0.25, 0.3) is 0 Å². The summed E-state index contributed by atoms with van der Waals surface area (Å²) in [4.78, 5) is 11.7. The third-order valence-electron chi connectivity index (χ3n) is 2.40. The topological polar surface area (TPSA) is 68.3 Å². The summed E-state index contributed by atoms with van der Waals surface area (Å²) in [5.41, 5.74) is 1.67. The molecule has 0 bridgehead atoms. The van der Waals surface area contributed by atoms with Crippen LogP contribution in [0.2, 0.25) is 0 Å². The Kier molecular flexibility index (Phi) is 3.33. The fraction of sp³-hybridized carbons (Fsp3) is 0.273. The van der Waals surface area contributed by atoms with Crippen molar-refractivity contribution in [2.75, 3.05) is 0 Å². The van der Waals surface area contributed by atoms with Crippen LogP contribution in [-0.4, -0.2) is 11.1 Å². The molecule has 5 nitrogen and oxygen atoms in total. The Morgan fingerprint density at radius 1 is 1.47 bits per heavy atom. The molecule has 0 aromatic carbocycles. The number of hydrogen-bond donors (Lipinski definition) is 1. The number of aromatic nitrogens is 1. The summed E-state index contributed by atoms with van der Waals surface area (Å²) in [6.45, 7) is 4.02. The van der Waals surface area contributed by atoms with Crippen LogP contribution in [0.4, 0.5) is 0 Å². The number of aryl methyl sites for hydroxylation is 2. The zero-order chi connectivity index (χ0) is 12.4. The summed E-state index contributed by atoms with van der Waals surface area (Å²) in [5, 5.41) is 6.56. The van der Waals surface area contributed by atoms with Crippen LogP contribution in [0.1, 0.15) is 27.6 Å². The summed E-state index contributed by atoms with van der Waals surface area (Å²) in [7, 11) is 0. The van der Waals surface area contributed by atoms with Crippen LogP contribution in [0, 0.1) is 13.8 Å². The molecule has 1 N–H and O–H groups in total. The molecular weight excluding hydrogens is 288 g/mol. The molecule has 6 heteroatoms. The predicted molar refractivity (Wildman–Crippen MR) is 63.6 cm³/mol. The van der Waals surface area contributed by atoms with Crippen LogP contribution in [0.15, 0.2) is 25.7 Å². The van der Waals surface area contributed by atoms with Crippen LogP contribution in [0.5, 0.6) is 0 Å². The van der Waals surface area contributed by atoms with Gasteiger partial charge in [0.25, 0.3) is 5.91 Å². The van der Waals surface area contributed by atoms with Gasteiger partial charge in [-0.15, -0.1) is 0 Å². The number of nitrogens with zero attached hydrogens (tertiary/aromatic N) is 1. The molecule has 0 aliphatic carbocycles. The molecule has 2 heterocycles. The first kappa shape index (κ1) is 11.9. The van der Waals surface area contributed by atoms with E-state index < -0.39 is 0 Å². The first-order valence-electron chi connectivity index (χ1n) is 5.03. The number of carbonyl (C=O) groups excluding carboxylic acids is 1. The van der Waals surface area contributed by atoms with E-state index >= 15 is 0 Å². The number of amides is 1. The molecule has 0 saturated carbocycles. The van der Waals surface area contributed by atoms with Crippen molar-refractivity contribution in [1.82, 2.24) is 10.5 Å². The minimum atomic E-state index is -0.268. The van der Waals surface area contributed by atoms with Crippen molar-refractivity contribution in [1.29, 1.82) is 0 Å². The van der Waals surface area contributed by atoms with Crippen molar-refractivity contribution in [3.05, 3.63) is 39.6 Å². The molecule has 0 saturated heterocycles. The number of nitrogens with one attached hydrogen (secondary N) is 1. The normalized spacial score (nSPS) is 10.5. The van der Waals surface area contributed by atoms with Gasteiger partial charge in [-0.05, 0) is 41.9 Å². The standard InChI is InChI=1S/C11H11BrN2O3/c1-6-8(7(2)17-14-6)5-13-11(15)9-3-4-10(12)16-9/h3-4H,5H2,1-2H3,(H,13,15). The van der Waals surface area contributed by atoms with Crippen molar-refractivity contribution in [2.45, 2.75) is 20.4 Å². The quantitative estimate of drug-likeness (QED) is 0.945. The van der Waals surface area contributed by atoms with Crippen molar-refractivity contribution in [2.24, 2.45) is 0 Å². The molecule has 90 valence electrons. The molecule has 2 aromatic heterocycles. The van der Waals surface area contributed by atoms with Crippen LogP contribution in [-0.2, 0) is 6.54 Å². The number of rotatable bonds is 3. The molecule has 17 heavy (non-hydrogen) atoms. The highest BCUT2D eigenvalue weighted by Gasteiger charge is 2.13. The summed E-state index contributed by atoms with van der Waals surface area (Å²) in [6.07, 6.45) is 0. The Bertz CT molecular complexity index is 525. The minimum absolute atomic E-state index is 0.267. The summed E-state index contributed by atoms with van der Waals surface area (Å²) in [6, 6.07) is 3.28. The van der Waals surface area contributed by atoms with E-state index in [0.29, 0.717) is 17.0 Å². The minimum Gasteiger partial charge on any atom is -0.444 e. The fourth-order valence-corrected chi connectivity index (χ4v) is 1.75. The van der Waals surface area contributed by atoms with Gasteiger partial charge in [0, 0.05) is 12.1 Å². The maximum Gasteiger partial charge on any atom is 0.287 e. The third kappa shape index (κ3) is 2.58. The smallest absolute Gasteiger partial charge is 0.287 e. The molecule has 1 amide bonds. The highest BCUT2D eigenvalue weighted by molar-refractivity contribution is 9.10. The molecule has 0 fully saturated rings. The Balaban J connectivity index is 2.02. The summed E-state index contributed by atoms with van der Waals surface area (Å²) in [5.74, 6) is 0.711. The van der Waals surface area contributed by atoms with Gasteiger partial charge in [-0.1, -0.05) is 5.16 Å². The molecule has 2 rings (SSSR count). The third-order valence-corrected chi connectivity index (χ3v) is 2.83. The Labute approximate surface area is 106 Å². The lowest BCUT2D eigenvalue weighted by Gasteiger charge is -2.02.